The number of piperidine rings is 1. The number of carbonyl (C=O) groups excluding carboxylic acids is 2. The first kappa shape index (κ1) is 24.0. The molecule has 7 heteroatoms. The first-order chi connectivity index (χ1) is 16.0. The van der Waals surface area contributed by atoms with Crippen molar-refractivity contribution in [2.75, 3.05) is 58.9 Å². The normalized spacial score (nSPS) is 24.8. The summed E-state index contributed by atoms with van der Waals surface area (Å²) in [5.41, 5.74) is 2.47. The van der Waals surface area contributed by atoms with E-state index >= 15 is 0 Å². The van der Waals surface area contributed by atoms with Crippen molar-refractivity contribution < 1.29 is 9.59 Å². The number of amides is 3. The van der Waals surface area contributed by atoms with Crippen molar-refractivity contribution in [1.29, 1.82) is 0 Å². The Kier molecular flexibility index (Phi) is 8.25. The summed E-state index contributed by atoms with van der Waals surface area (Å²) in [6, 6.07) is 8.59. The molecule has 1 aromatic rings. The van der Waals surface area contributed by atoms with Crippen LogP contribution in [0.15, 0.2) is 24.3 Å². The van der Waals surface area contributed by atoms with E-state index < -0.39 is 0 Å². The zero-order chi connectivity index (χ0) is 23.2. The lowest BCUT2D eigenvalue weighted by atomic mass is 9.92. The summed E-state index contributed by atoms with van der Waals surface area (Å²) in [5.74, 6) is 1.40. The van der Waals surface area contributed by atoms with Crippen LogP contribution in [0, 0.1) is 11.8 Å². The number of benzene rings is 1. The van der Waals surface area contributed by atoms with Crippen LogP contribution < -0.4 is 5.32 Å². The maximum absolute atomic E-state index is 12.7. The maximum atomic E-state index is 12.7. The summed E-state index contributed by atoms with van der Waals surface area (Å²) < 4.78 is 0. The number of likely N-dealkylation sites (tertiary alicyclic amines) is 2. The van der Waals surface area contributed by atoms with E-state index in [0.717, 1.165) is 38.3 Å². The second kappa shape index (κ2) is 11.3. The fraction of sp³-hybridized carbons (Fsp3) is 0.692. The molecule has 0 aliphatic carbocycles. The monoisotopic (exact) mass is 455 g/mol. The lowest BCUT2D eigenvalue weighted by Crippen LogP contribution is -2.54. The third-order valence-electron chi connectivity index (χ3n) is 7.31. The molecule has 3 saturated heterocycles. The third-order valence-corrected chi connectivity index (χ3v) is 7.31. The van der Waals surface area contributed by atoms with Gasteiger partial charge in [-0.15, -0.1) is 0 Å². The summed E-state index contributed by atoms with van der Waals surface area (Å²) in [6.07, 6.45) is 3.83. The van der Waals surface area contributed by atoms with Gasteiger partial charge in [-0.2, -0.15) is 0 Å². The number of carbonyl (C=O) groups is 2. The van der Waals surface area contributed by atoms with Crippen molar-refractivity contribution >= 4 is 11.9 Å². The molecule has 2 atom stereocenters. The van der Waals surface area contributed by atoms with Gasteiger partial charge in [-0.05, 0) is 55.3 Å². The van der Waals surface area contributed by atoms with E-state index in [-0.39, 0.29) is 11.9 Å². The molecule has 0 spiro atoms. The van der Waals surface area contributed by atoms with Gasteiger partial charge in [0.15, 0.2) is 0 Å². The molecule has 0 radical (unpaired) electrons. The van der Waals surface area contributed by atoms with Gasteiger partial charge in [-0.1, -0.05) is 38.1 Å². The second-order valence-electron chi connectivity index (χ2n) is 10.5. The van der Waals surface area contributed by atoms with Crippen LogP contribution in [0.3, 0.4) is 0 Å². The van der Waals surface area contributed by atoms with Crippen molar-refractivity contribution in [2.45, 2.75) is 46.2 Å². The van der Waals surface area contributed by atoms with Gasteiger partial charge in [-0.3, -0.25) is 14.6 Å². The molecule has 4 rings (SSSR count). The highest BCUT2D eigenvalue weighted by Gasteiger charge is 2.28. The van der Waals surface area contributed by atoms with Gasteiger partial charge in [0.2, 0.25) is 5.91 Å². The number of rotatable bonds is 6. The Morgan fingerprint density at radius 3 is 2.06 bits per heavy atom. The molecule has 182 valence electrons. The predicted octanol–water partition coefficient (Wildman–Crippen LogP) is 2.61. The zero-order valence-corrected chi connectivity index (χ0v) is 20.5. The Morgan fingerprint density at radius 2 is 1.42 bits per heavy atom. The van der Waals surface area contributed by atoms with Crippen molar-refractivity contribution in [2.24, 2.45) is 11.8 Å². The molecular weight excluding hydrogens is 414 g/mol. The summed E-state index contributed by atoms with van der Waals surface area (Å²) in [7, 11) is 0. The number of hydrogen-bond acceptors (Lipinski definition) is 4. The van der Waals surface area contributed by atoms with Crippen LogP contribution in [0.5, 0.6) is 0 Å². The molecule has 2 unspecified atom stereocenters. The first-order valence-corrected chi connectivity index (χ1v) is 12.8. The van der Waals surface area contributed by atoms with Crippen molar-refractivity contribution in [3.63, 3.8) is 0 Å². The van der Waals surface area contributed by atoms with E-state index in [4.69, 9.17) is 0 Å². The molecule has 33 heavy (non-hydrogen) atoms. The average Bonchev–Trinajstić information content (AvgIpc) is 3.31. The van der Waals surface area contributed by atoms with E-state index in [1.807, 2.05) is 9.80 Å². The Labute approximate surface area is 199 Å². The lowest BCUT2D eigenvalue weighted by molar-refractivity contribution is -0.135. The molecule has 3 aliphatic heterocycles. The van der Waals surface area contributed by atoms with Crippen LogP contribution in [0.4, 0.5) is 4.79 Å². The van der Waals surface area contributed by atoms with Gasteiger partial charge in [-0.25, -0.2) is 4.79 Å². The minimum absolute atomic E-state index is 0.0131. The summed E-state index contributed by atoms with van der Waals surface area (Å²) in [5, 5.41) is 3.06. The minimum Gasteiger partial charge on any atom is -0.341 e. The molecule has 3 heterocycles. The molecular formula is C26H41N5O2. The smallest absolute Gasteiger partial charge is 0.317 e. The Balaban J connectivity index is 1.15. The number of nitrogens with one attached hydrogen (secondary N) is 1. The summed E-state index contributed by atoms with van der Waals surface area (Å²) in [6.45, 7) is 13.5. The van der Waals surface area contributed by atoms with E-state index in [1.165, 1.54) is 37.9 Å². The number of urea groups is 1. The fourth-order valence-electron chi connectivity index (χ4n) is 5.52. The van der Waals surface area contributed by atoms with Crippen LogP contribution >= 0.6 is 0 Å². The van der Waals surface area contributed by atoms with Gasteiger partial charge in [0, 0.05) is 52.4 Å². The van der Waals surface area contributed by atoms with Crippen LogP contribution in [0.2, 0.25) is 0 Å². The number of nitrogens with zero attached hydrogens (tertiary/aromatic N) is 4. The van der Waals surface area contributed by atoms with Crippen molar-refractivity contribution in [3.8, 4) is 0 Å². The second-order valence-corrected chi connectivity index (χ2v) is 10.5. The molecule has 1 aromatic carbocycles. The predicted molar refractivity (Wildman–Crippen MR) is 131 cm³/mol. The average molecular weight is 456 g/mol. The lowest BCUT2D eigenvalue weighted by Gasteiger charge is -2.38. The number of hydrogen-bond donors (Lipinski definition) is 1. The molecule has 0 saturated carbocycles. The molecule has 3 aliphatic rings. The van der Waals surface area contributed by atoms with Crippen LogP contribution in [-0.2, 0) is 17.9 Å². The molecule has 0 bridgehead atoms. The van der Waals surface area contributed by atoms with Crippen molar-refractivity contribution in [3.05, 3.63) is 35.4 Å². The Hall–Kier alpha value is -2.12. The first-order valence-electron chi connectivity index (χ1n) is 12.8. The highest BCUT2D eigenvalue weighted by molar-refractivity contribution is 5.78. The van der Waals surface area contributed by atoms with E-state index in [0.29, 0.717) is 38.0 Å². The van der Waals surface area contributed by atoms with Crippen molar-refractivity contribution in [1.82, 2.24) is 24.9 Å². The summed E-state index contributed by atoms with van der Waals surface area (Å²) in [4.78, 5) is 34.0. The van der Waals surface area contributed by atoms with Gasteiger partial charge in [0.05, 0.1) is 6.54 Å². The van der Waals surface area contributed by atoms with Crippen LogP contribution in [0.25, 0.3) is 0 Å². The van der Waals surface area contributed by atoms with E-state index in [9.17, 15) is 9.59 Å². The van der Waals surface area contributed by atoms with Gasteiger partial charge in [0.1, 0.15) is 0 Å². The Morgan fingerprint density at radius 1 is 0.818 bits per heavy atom. The third kappa shape index (κ3) is 6.93. The maximum Gasteiger partial charge on any atom is 0.317 e. The van der Waals surface area contributed by atoms with Gasteiger partial charge < -0.3 is 15.1 Å². The quantitative estimate of drug-likeness (QED) is 0.716. The van der Waals surface area contributed by atoms with Gasteiger partial charge in [0.25, 0.3) is 0 Å². The highest BCUT2D eigenvalue weighted by atomic mass is 16.2. The standard InChI is InChI=1S/C26H41N5O2/c1-21-15-22(2)18-31(17-21)25(32)20-29-11-13-30(14-12-29)26(33)27-16-23-5-7-24(8-6-23)19-28-9-3-4-10-28/h5-8,21-22H,3-4,9-20H2,1-2H3,(H,27,33). The molecule has 3 fully saturated rings. The Bertz CT molecular complexity index is 774. The fourth-order valence-corrected chi connectivity index (χ4v) is 5.52. The molecule has 1 N–H and O–H groups in total. The molecule has 3 amide bonds. The topological polar surface area (TPSA) is 59.1 Å². The molecule has 0 aromatic heterocycles. The van der Waals surface area contributed by atoms with E-state index in [1.54, 1.807) is 0 Å². The van der Waals surface area contributed by atoms with E-state index in [2.05, 4.69) is 53.2 Å². The minimum atomic E-state index is -0.0131. The van der Waals surface area contributed by atoms with Crippen LogP contribution in [-0.4, -0.2) is 90.4 Å². The van der Waals surface area contributed by atoms with Crippen LogP contribution in [0.1, 0.15) is 44.2 Å². The largest absolute Gasteiger partial charge is 0.341 e. The SMILES string of the molecule is CC1CC(C)CN(C(=O)CN2CCN(C(=O)NCc3ccc(CN4CCCC4)cc3)CC2)C1. The molecule has 7 nitrogen and oxygen atoms in total. The van der Waals surface area contributed by atoms with Gasteiger partial charge >= 0.3 is 6.03 Å². The number of piperazine rings is 1. The highest BCUT2D eigenvalue weighted by Crippen LogP contribution is 2.21. The zero-order valence-electron chi connectivity index (χ0n) is 20.5. The summed E-state index contributed by atoms with van der Waals surface area (Å²) >= 11 is 0.